The summed E-state index contributed by atoms with van der Waals surface area (Å²) < 4.78 is 4.83. The van der Waals surface area contributed by atoms with Crippen LogP contribution in [0.3, 0.4) is 0 Å². The van der Waals surface area contributed by atoms with Gasteiger partial charge in [-0.25, -0.2) is 4.98 Å². The minimum absolute atomic E-state index is 0.0000773. The molecule has 0 saturated carbocycles. The number of hydrogen-bond acceptors (Lipinski definition) is 4. The number of nitriles is 1. The summed E-state index contributed by atoms with van der Waals surface area (Å²) in [4.78, 5) is 16.4. The highest BCUT2D eigenvalue weighted by Gasteiger charge is 2.10. The maximum absolute atomic E-state index is 11.7. The Balaban J connectivity index is 2.08. The molecule has 0 atom stereocenters. The predicted molar refractivity (Wildman–Crippen MR) is 97.1 cm³/mol. The van der Waals surface area contributed by atoms with E-state index < -0.39 is 0 Å². The molecule has 0 fully saturated rings. The van der Waals surface area contributed by atoms with Crippen molar-refractivity contribution < 1.29 is 9.53 Å². The molecule has 124 valence electrons. The van der Waals surface area contributed by atoms with Crippen LogP contribution in [0.25, 0.3) is 22.2 Å². The molecule has 25 heavy (non-hydrogen) atoms. The fourth-order valence-corrected chi connectivity index (χ4v) is 2.75. The molecule has 0 unspecified atom stereocenters. The number of nitrogens with zero attached hydrogens (tertiary/aromatic N) is 2. The molecule has 1 N–H and O–H groups in total. The lowest BCUT2D eigenvalue weighted by Crippen LogP contribution is -2.17. The normalized spacial score (nSPS) is 10.4. The fraction of sp³-hybridized carbons (Fsp3) is 0.150. The average Bonchev–Trinajstić information content (AvgIpc) is 2.61. The Bertz CT molecular complexity index is 990. The molecule has 2 aromatic carbocycles. The topological polar surface area (TPSA) is 75.0 Å². The van der Waals surface area contributed by atoms with Gasteiger partial charge in [0.2, 0.25) is 5.91 Å². The zero-order valence-electron chi connectivity index (χ0n) is 14.0. The number of carbonyl (C=O) groups excluding carboxylic acids is 1. The van der Waals surface area contributed by atoms with E-state index in [1.807, 2.05) is 49.4 Å². The molecule has 3 rings (SSSR count). The van der Waals surface area contributed by atoms with Gasteiger partial charge in [0.25, 0.3) is 0 Å². The Hall–Kier alpha value is -3.23. The number of methoxy groups -OCH3 is 1. The van der Waals surface area contributed by atoms with Gasteiger partial charge in [-0.15, -0.1) is 0 Å². The first-order valence-electron chi connectivity index (χ1n) is 7.82. The first-order valence-corrected chi connectivity index (χ1v) is 7.82. The van der Waals surface area contributed by atoms with E-state index in [1.165, 1.54) is 7.11 Å². The zero-order chi connectivity index (χ0) is 17.8. The number of aromatic nitrogens is 1. The summed E-state index contributed by atoms with van der Waals surface area (Å²) in [7, 11) is 1.48. The number of nitrogens with one attached hydrogen (secondary N) is 1. The highest BCUT2D eigenvalue weighted by molar-refractivity contribution is 5.95. The molecule has 3 aromatic rings. The third kappa shape index (κ3) is 3.49. The number of fused-ring (bicyclic) bond motifs is 1. The van der Waals surface area contributed by atoms with Crippen molar-refractivity contribution in [1.82, 2.24) is 4.98 Å². The molecule has 1 aromatic heterocycles. The van der Waals surface area contributed by atoms with E-state index in [2.05, 4.69) is 11.4 Å². The van der Waals surface area contributed by atoms with Crippen LogP contribution < -0.4 is 5.32 Å². The fourth-order valence-electron chi connectivity index (χ4n) is 2.75. The Morgan fingerprint density at radius 1 is 1.24 bits per heavy atom. The van der Waals surface area contributed by atoms with Crippen LogP contribution in [0.4, 0.5) is 5.69 Å². The van der Waals surface area contributed by atoms with Crippen molar-refractivity contribution in [3.63, 3.8) is 0 Å². The molecule has 0 aliphatic carbocycles. The largest absolute Gasteiger partial charge is 0.375 e. The molecule has 0 radical (unpaired) electrons. The molecular formula is C20H17N3O2. The van der Waals surface area contributed by atoms with Crippen LogP contribution in [0.5, 0.6) is 0 Å². The molecule has 0 aliphatic rings. The lowest BCUT2D eigenvalue weighted by Gasteiger charge is -2.10. The summed E-state index contributed by atoms with van der Waals surface area (Å²) in [6, 6.07) is 17.2. The van der Waals surface area contributed by atoms with Gasteiger partial charge in [0.05, 0.1) is 22.8 Å². The summed E-state index contributed by atoms with van der Waals surface area (Å²) in [5.74, 6) is -0.218. The van der Waals surface area contributed by atoms with Gasteiger partial charge in [-0.3, -0.25) is 4.79 Å². The number of aryl methyl sites for hydroxylation is 1. The molecule has 5 nitrogen and oxygen atoms in total. The zero-order valence-corrected chi connectivity index (χ0v) is 14.0. The van der Waals surface area contributed by atoms with Crippen LogP contribution in [0, 0.1) is 18.3 Å². The van der Waals surface area contributed by atoms with Gasteiger partial charge >= 0.3 is 0 Å². The summed E-state index contributed by atoms with van der Waals surface area (Å²) in [5, 5.41) is 13.1. The standard InChI is InChI=1S/C20H17N3O2/c1-13-9-18(17-6-4-3-5-14(17)11-21)23-19-10-15(7-8-16(13)19)22-20(24)12-25-2/h3-10H,12H2,1-2H3,(H,22,24). The lowest BCUT2D eigenvalue weighted by atomic mass is 10.0. The van der Waals surface area contributed by atoms with Crippen molar-refractivity contribution in [3.05, 3.63) is 59.7 Å². The smallest absolute Gasteiger partial charge is 0.250 e. The van der Waals surface area contributed by atoms with Crippen molar-refractivity contribution in [3.8, 4) is 17.3 Å². The Morgan fingerprint density at radius 2 is 2.04 bits per heavy atom. The maximum atomic E-state index is 11.7. The van der Waals surface area contributed by atoms with Crippen LogP contribution in [0.1, 0.15) is 11.1 Å². The number of amides is 1. The highest BCUT2D eigenvalue weighted by atomic mass is 16.5. The molecule has 0 bridgehead atoms. The van der Waals surface area contributed by atoms with E-state index in [0.717, 1.165) is 27.7 Å². The van der Waals surface area contributed by atoms with Crippen LogP contribution in [-0.2, 0) is 9.53 Å². The van der Waals surface area contributed by atoms with Crippen LogP contribution >= 0.6 is 0 Å². The number of carbonyl (C=O) groups is 1. The second kappa shape index (κ2) is 7.12. The Kier molecular flexibility index (Phi) is 4.73. The Morgan fingerprint density at radius 3 is 2.80 bits per heavy atom. The van der Waals surface area contributed by atoms with Crippen molar-refractivity contribution in [2.75, 3.05) is 19.0 Å². The van der Waals surface area contributed by atoms with Crippen LogP contribution in [-0.4, -0.2) is 24.6 Å². The minimum atomic E-state index is -0.218. The van der Waals surface area contributed by atoms with Gasteiger partial charge in [-0.2, -0.15) is 5.26 Å². The summed E-state index contributed by atoms with van der Waals surface area (Å²) in [5.41, 5.74) is 4.59. The van der Waals surface area contributed by atoms with E-state index in [9.17, 15) is 10.1 Å². The number of pyridine rings is 1. The van der Waals surface area contributed by atoms with Crippen molar-refractivity contribution >= 4 is 22.5 Å². The average molecular weight is 331 g/mol. The molecule has 0 saturated heterocycles. The molecule has 1 amide bonds. The van der Waals surface area contributed by atoms with E-state index in [4.69, 9.17) is 9.72 Å². The van der Waals surface area contributed by atoms with E-state index in [0.29, 0.717) is 11.3 Å². The van der Waals surface area contributed by atoms with Crippen molar-refractivity contribution in [2.24, 2.45) is 0 Å². The highest BCUT2D eigenvalue weighted by Crippen LogP contribution is 2.28. The van der Waals surface area contributed by atoms with Gasteiger partial charge < -0.3 is 10.1 Å². The number of ether oxygens (including phenoxy) is 1. The second-order valence-electron chi connectivity index (χ2n) is 5.69. The monoisotopic (exact) mass is 331 g/mol. The van der Waals surface area contributed by atoms with E-state index in [-0.39, 0.29) is 12.5 Å². The van der Waals surface area contributed by atoms with Crippen molar-refractivity contribution in [2.45, 2.75) is 6.92 Å². The van der Waals surface area contributed by atoms with Gasteiger partial charge in [0.1, 0.15) is 6.61 Å². The molecule has 5 heteroatoms. The van der Waals surface area contributed by atoms with Gasteiger partial charge in [0, 0.05) is 23.7 Å². The maximum Gasteiger partial charge on any atom is 0.250 e. The first-order chi connectivity index (χ1) is 12.1. The number of benzene rings is 2. The third-order valence-electron chi connectivity index (χ3n) is 3.90. The molecule has 0 aliphatic heterocycles. The van der Waals surface area contributed by atoms with Crippen LogP contribution in [0.15, 0.2) is 48.5 Å². The number of hydrogen-bond donors (Lipinski definition) is 1. The number of anilines is 1. The van der Waals surface area contributed by atoms with E-state index >= 15 is 0 Å². The van der Waals surface area contributed by atoms with Crippen molar-refractivity contribution in [1.29, 1.82) is 5.26 Å². The summed E-state index contributed by atoms with van der Waals surface area (Å²) in [6.45, 7) is 2.01. The SMILES string of the molecule is COCC(=O)Nc1ccc2c(C)cc(-c3ccccc3C#N)nc2c1. The molecule has 1 heterocycles. The minimum Gasteiger partial charge on any atom is -0.375 e. The summed E-state index contributed by atoms with van der Waals surface area (Å²) in [6.07, 6.45) is 0. The Labute approximate surface area is 145 Å². The number of rotatable bonds is 4. The third-order valence-corrected chi connectivity index (χ3v) is 3.90. The second-order valence-corrected chi connectivity index (χ2v) is 5.69. The lowest BCUT2D eigenvalue weighted by molar-refractivity contribution is -0.119. The quantitative estimate of drug-likeness (QED) is 0.791. The van der Waals surface area contributed by atoms with Gasteiger partial charge in [-0.1, -0.05) is 24.3 Å². The van der Waals surface area contributed by atoms with Gasteiger partial charge in [-0.05, 0) is 36.8 Å². The first kappa shape index (κ1) is 16.6. The van der Waals surface area contributed by atoms with Gasteiger partial charge in [0.15, 0.2) is 0 Å². The van der Waals surface area contributed by atoms with E-state index in [1.54, 1.807) is 6.07 Å². The van der Waals surface area contributed by atoms with Crippen LogP contribution in [0.2, 0.25) is 0 Å². The molecular weight excluding hydrogens is 314 g/mol. The summed E-state index contributed by atoms with van der Waals surface area (Å²) >= 11 is 0. The molecule has 0 spiro atoms. The predicted octanol–water partition coefficient (Wildman–Crippen LogP) is 3.67.